The molecule has 0 saturated heterocycles. The molecule has 0 atom stereocenters. The van der Waals surface area contributed by atoms with Crippen LogP contribution in [0.5, 0.6) is 0 Å². The van der Waals surface area contributed by atoms with Crippen molar-refractivity contribution in [3.8, 4) is 11.4 Å². The molecule has 0 aliphatic carbocycles. The second-order valence-electron chi connectivity index (χ2n) is 8.57. The van der Waals surface area contributed by atoms with Crippen molar-refractivity contribution in [2.24, 2.45) is 0 Å². The van der Waals surface area contributed by atoms with Crippen LogP contribution in [0.3, 0.4) is 0 Å². The van der Waals surface area contributed by atoms with Crippen molar-refractivity contribution in [1.29, 1.82) is 0 Å². The van der Waals surface area contributed by atoms with Crippen LogP contribution in [0.15, 0.2) is 97.2 Å². The van der Waals surface area contributed by atoms with Crippen molar-refractivity contribution in [3.05, 3.63) is 103 Å². The number of H-pyrrole nitrogens is 1. The summed E-state index contributed by atoms with van der Waals surface area (Å²) in [6, 6.07) is 31.6. The first-order valence-corrected chi connectivity index (χ1v) is 12.3. The average Bonchev–Trinajstić information content (AvgIpc) is 3.25. The van der Waals surface area contributed by atoms with Crippen molar-refractivity contribution >= 4 is 18.7 Å². The lowest BCUT2D eigenvalue weighted by molar-refractivity contribution is 0.282. The lowest BCUT2D eigenvalue weighted by Crippen LogP contribution is -2.66. The van der Waals surface area contributed by atoms with E-state index in [1.807, 2.05) is 24.4 Å². The van der Waals surface area contributed by atoms with Gasteiger partial charge < -0.3 is 9.41 Å². The van der Waals surface area contributed by atoms with Gasteiger partial charge in [-0.2, -0.15) is 0 Å². The number of nitrogens with zero attached hydrogens (tertiary/aromatic N) is 1. The first kappa shape index (κ1) is 20.3. The van der Waals surface area contributed by atoms with E-state index in [0.29, 0.717) is 6.61 Å². The Balaban J connectivity index is 1.72. The SMILES string of the molecule is CC(C)(C)[Si](OCc1cnc(-c2ccccc2)[nH]1)(c1ccccc1)c1ccccc1. The first-order chi connectivity index (χ1) is 14.5. The molecule has 3 aromatic carbocycles. The second-order valence-corrected chi connectivity index (χ2v) is 12.9. The summed E-state index contributed by atoms with van der Waals surface area (Å²) in [5.41, 5.74) is 2.07. The Bertz CT molecular complexity index is 1030. The van der Waals surface area contributed by atoms with Gasteiger partial charge in [0.15, 0.2) is 0 Å². The largest absolute Gasteiger partial charge is 0.402 e. The van der Waals surface area contributed by atoms with Crippen molar-refractivity contribution in [1.82, 2.24) is 9.97 Å². The number of rotatable bonds is 6. The normalized spacial score (nSPS) is 12.1. The fourth-order valence-corrected chi connectivity index (χ4v) is 8.65. The Hall–Kier alpha value is -2.95. The number of benzene rings is 3. The third-order valence-electron chi connectivity index (χ3n) is 5.54. The van der Waals surface area contributed by atoms with E-state index in [2.05, 4.69) is 104 Å². The Labute approximate surface area is 179 Å². The van der Waals surface area contributed by atoms with Gasteiger partial charge in [0.2, 0.25) is 0 Å². The molecule has 0 saturated carbocycles. The maximum Gasteiger partial charge on any atom is 0.261 e. The lowest BCUT2D eigenvalue weighted by Gasteiger charge is -2.42. The molecule has 4 aromatic rings. The standard InChI is InChI=1S/C26H28N2OSi/c1-26(2,3)30(23-15-9-5-10-16-23,24-17-11-6-12-18-24)29-20-22-19-27-25(28-22)21-13-7-4-8-14-21/h4-19H,20H2,1-3H3,(H,27,28). The van der Waals surface area contributed by atoms with Crippen LogP contribution in [0.25, 0.3) is 11.4 Å². The zero-order valence-electron chi connectivity index (χ0n) is 17.8. The van der Waals surface area contributed by atoms with E-state index in [9.17, 15) is 0 Å². The average molecular weight is 413 g/mol. The smallest absolute Gasteiger partial charge is 0.261 e. The summed E-state index contributed by atoms with van der Waals surface area (Å²) in [6.07, 6.45) is 1.89. The molecule has 0 bridgehead atoms. The molecular formula is C26H28N2OSi. The summed E-state index contributed by atoms with van der Waals surface area (Å²) in [5, 5.41) is 2.52. The van der Waals surface area contributed by atoms with Crippen LogP contribution in [-0.4, -0.2) is 18.3 Å². The highest BCUT2D eigenvalue weighted by molar-refractivity contribution is 6.99. The molecule has 0 aliphatic rings. The van der Waals surface area contributed by atoms with E-state index in [-0.39, 0.29) is 5.04 Å². The van der Waals surface area contributed by atoms with Crippen molar-refractivity contribution in [2.75, 3.05) is 0 Å². The molecule has 0 amide bonds. The highest BCUT2D eigenvalue weighted by Gasteiger charge is 2.50. The minimum Gasteiger partial charge on any atom is -0.402 e. The summed E-state index contributed by atoms with van der Waals surface area (Å²) >= 11 is 0. The first-order valence-electron chi connectivity index (χ1n) is 10.3. The topological polar surface area (TPSA) is 37.9 Å². The van der Waals surface area contributed by atoms with Crippen LogP contribution in [-0.2, 0) is 11.0 Å². The van der Waals surface area contributed by atoms with Crippen LogP contribution in [0.4, 0.5) is 0 Å². The molecule has 3 nitrogen and oxygen atoms in total. The maximum atomic E-state index is 6.97. The Morgan fingerprint density at radius 2 is 1.27 bits per heavy atom. The highest BCUT2D eigenvalue weighted by atomic mass is 28.4. The van der Waals surface area contributed by atoms with Gasteiger partial charge in [0.1, 0.15) is 5.82 Å². The fourth-order valence-electron chi connectivity index (χ4n) is 4.12. The summed E-state index contributed by atoms with van der Waals surface area (Å²) in [6.45, 7) is 7.37. The number of aromatic amines is 1. The summed E-state index contributed by atoms with van der Waals surface area (Å²) in [5.74, 6) is 0.872. The monoisotopic (exact) mass is 412 g/mol. The minimum absolute atomic E-state index is 0.0437. The van der Waals surface area contributed by atoms with Gasteiger partial charge in [-0.15, -0.1) is 0 Å². The van der Waals surface area contributed by atoms with Gasteiger partial charge in [0.05, 0.1) is 18.5 Å². The molecule has 0 fully saturated rings. The number of hydrogen-bond acceptors (Lipinski definition) is 2. The zero-order valence-corrected chi connectivity index (χ0v) is 18.8. The van der Waals surface area contributed by atoms with Gasteiger partial charge >= 0.3 is 0 Å². The number of imidazole rings is 1. The highest BCUT2D eigenvalue weighted by Crippen LogP contribution is 2.37. The molecule has 1 N–H and O–H groups in total. The fraction of sp³-hybridized carbons (Fsp3) is 0.192. The molecule has 1 aromatic heterocycles. The quantitative estimate of drug-likeness (QED) is 0.445. The summed E-state index contributed by atoms with van der Waals surface area (Å²) < 4.78 is 6.97. The van der Waals surface area contributed by atoms with Gasteiger partial charge in [-0.25, -0.2) is 4.98 Å². The molecule has 0 unspecified atom stereocenters. The van der Waals surface area contributed by atoms with E-state index in [1.54, 1.807) is 0 Å². The predicted octanol–water partition coefficient (Wildman–Crippen LogP) is 5.15. The van der Waals surface area contributed by atoms with E-state index < -0.39 is 8.32 Å². The molecule has 0 aliphatic heterocycles. The van der Waals surface area contributed by atoms with E-state index in [1.165, 1.54) is 10.4 Å². The number of hydrogen-bond donors (Lipinski definition) is 1. The molecule has 1 heterocycles. The van der Waals surface area contributed by atoms with Crippen LogP contribution < -0.4 is 10.4 Å². The predicted molar refractivity (Wildman–Crippen MR) is 126 cm³/mol. The van der Waals surface area contributed by atoms with Gasteiger partial charge in [-0.3, -0.25) is 0 Å². The van der Waals surface area contributed by atoms with Gasteiger partial charge in [0, 0.05) is 5.56 Å². The van der Waals surface area contributed by atoms with Crippen molar-refractivity contribution in [2.45, 2.75) is 32.4 Å². The minimum atomic E-state index is -2.55. The summed E-state index contributed by atoms with van der Waals surface area (Å²) in [4.78, 5) is 8.02. The van der Waals surface area contributed by atoms with Crippen LogP contribution in [0, 0.1) is 0 Å². The van der Waals surface area contributed by atoms with E-state index in [0.717, 1.165) is 17.1 Å². The third kappa shape index (κ3) is 3.89. The molecular weight excluding hydrogens is 384 g/mol. The zero-order chi connectivity index (χ0) is 21.0. The van der Waals surface area contributed by atoms with Crippen molar-refractivity contribution in [3.63, 3.8) is 0 Å². The Morgan fingerprint density at radius 1 is 0.767 bits per heavy atom. The van der Waals surface area contributed by atoms with E-state index in [4.69, 9.17) is 4.43 Å². The Kier molecular flexibility index (Phi) is 5.71. The lowest BCUT2D eigenvalue weighted by atomic mass is 10.2. The van der Waals surface area contributed by atoms with Gasteiger partial charge in [0.25, 0.3) is 8.32 Å². The van der Waals surface area contributed by atoms with E-state index >= 15 is 0 Å². The molecule has 152 valence electrons. The third-order valence-corrected chi connectivity index (χ3v) is 10.5. The van der Waals surface area contributed by atoms with Crippen LogP contribution in [0.1, 0.15) is 26.5 Å². The van der Waals surface area contributed by atoms with Crippen molar-refractivity contribution < 1.29 is 4.43 Å². The number of nitrogens with one attached hydrogen (secondary N) is 1. The second kappa shape index (κ2) is 8.42. The molecule has 30 heavy (non-hydrogen) atoms. The molecule has 0 radical (unpaired) electrons. The van der Waals surface area contributed by atoms with Gasteiger partial charge in [-0.05, 0) is 15.4 Å². The van der Waals surface area contributed by atoms with Crippen LogP contribution >= 0.6 is 0 Å². The Morgan fingerprint density at radius 3 is 1.77 bits per heavy atom. The molecule has 0 spiro atoms. The number of aromatic nitrogens is 2. The molecule has 4 heteroatoms. The summed E-state index contributed by atoms with van der Waals surface area (Å²) in [7, 11) is -2.55. The van der Waals surface area contributed by atoms with Gasteiger partial charge in [-0.1, -0.05) is 112 Å². The maximum absolute atomic E-state index is 6.97. The molecule has 4 rings (SSSR count). The van der Waals surface area contributed by atoms with Crippen LogP contribution in [0.2, 0.25) is 5.04 Å².